The van der Waals surface area contributed by atoms with Crippen LogP contribution in [-0.4, -0.2) is 35.3 Å². The fourth-order valence-electron chi connectivity index (χ4n) is 3.51. The number of carbonyl (C=O) groups excluding carboxylic acids is 2. The third kappa shape index (κ3) is 3.28. The SMILES string of the molecule is O=C(CC1CCCCC1)N[C@H]1CC(=O)N(C2CC2)C1. The summed E-state index contributed by atoms with van der Waals surface area (Å²) in [5.41, 5.74) is 0. The second-order valence-electron chi connectivity index (χ2n) is 6.45. The van der Waals surface area contributed by atoms with Gasteiger partial charge in [0.05, 0.1) is 6.04 Å². The van der Waals surface area contributed by atoms with Crippen molar-refractivity contribution < 1.29 is 9.59 Å². The molecule has 0 radical (unpaired) electrons. The van der Waals surface area contributed by atoms with Crippen LogP contribution in [0.1, 0.15) is 57.8 Å². The molecule has 0 aromatic carbocycles. The normalized spacial score (nSPS) is 28.7. The van der Waals surface area contributed by atoms with Crippen molar-refractivity contribution in [3.63, 3.8) is 0 Å². The molecule has 1 saturated heterocycles. The van der Waals surface area contributed by atoms with Gasteiger partial charge in [-0.1, -0.05) is 19.3 Å². The van der Waals surface area contributed by atoms with Crippen molar-refractivity contribution >= 4 is 11.8 Å². The maximum atomic E-state index is 12.0. The molecule has 0 bridgehead atoms. The van der Waals surface area contributed by atoms with E-state index in [2.05, 4.69) is 5.32 Å². The minimum absolute atomic E-state index is 0.0594. The van der Waals surface area contributed by atoms with Gasteiger partial charge in [-0.3, -0.25) is 9.59 Å². The number of carbonyl (C=O) groups is 2. The summed E-state index contributed by atoms with van der Waals surface area (Å²) in [6, 6.07) is 0.539. The monoisotopic (exact) mass is 264 g/mol. The topological polar surface area (TPSA) is 49.4 Å². The summed E-state index contributed by atoms with van der Waals surface area (Å²) < 4.78 is 0. The zero-order valence-electron chi connectivity index (χ0n) is 11.6. The number of amides is 2. The minimum Gasteiger partial charge on any atom is -0.351 e. The molecule has 2 aliphatic carbocycles. The van der Waals surface area contributed by atoms with Gasteiger partial charge in [0.25, 0.3) is 0 Å². The minimum atomic E-state index is 0.0594. The van der Waals surface area contributed by atoms with Crippen LogP contribution in [0.15, 0.2) is 0 Å². The van der Waals surface area contributed by atoms with Gasteiger partial charge in [-0.25, -0.2) is 0 Å². The lowest BCUT2D eigenvalue weighted by Gasteiger charge is -2.22. The fourth-order valence-corrected chi connectivity index (χ4v) is 3.51. The number of hydrogen-bond donors (Lipinski definition) is 1. The number of rotatable bonds is 4. The van der Waals surface area contributed by atoms with Crippen LogP contribution >= 0.6 is 0 Å². The zero-order valence-corrected chi connectivity index (χ0v) is 11.6. The molecular formula is C15H24N2O2. The second-order valence-corrected chi connectivity index (χ2v) is 6.45. The first-order valence-corrected chi connectivity index (χ1v) is 7.81. The molecule has 4 heteroatoms. The summed E-state index contributed by atoms with van der Waals surface area (Å²) in [5, 5.41) is 3.07. The van der Waals surface area contributed by atoms with Crippen LogP contribution in [-0.2, 0) is 9.59 Å². The number of likely N-dealkylation sites (tertiary alicyclic amines) is 1. The molecule has 1 N–H and O–H groups in total. The van der Waals surface area contributed by atoms with Gasteiger partial charge in [0.1, 0.15) is 0 Å². The van der Waals surface area contributed by atoms with E-state index in [1.165, 1.54) is 32.1 Å². The highest BCUT2D eigenvalue weighted by Gasteiger charge is 2.39. The summed E-state index contributed by atoms with van der Waals surface area (Å²) in [5.74, 6) is 0.957. The standard InChI is InChI=1S/C15H24N2O2/c18-14(8-11-4-2-1-3-5-11)16-12-9-15(19)17(10-12)13-6-7-13/h11-13H,1-10H2,(H,16,18)/t12-/m0/s1. The van der Waals surface area contributed by atoms with E-state index in [1.807, 2.05) is 4.90 Å². The Hall–Kier alpha value is -1.06. The van der Waals surface area contributed by atoms with Gasteiger partial charge in [-0.05, 0) is 31.6 Å². The highest BCUT2D eigenvalue weighted by Crippen LogP contribution is 2.31. The van der Waals surface area contributed by atoms with E-state index in [0.29, 0.717) is 24.8 Å². The molecule has 1 atom stereocenters. The predicted molar refractivity (Wildman–Crippen MR) is 72.5 cm³/mol. The average molecular weight is 264 g/mol. The van der Waals surface area contributed by atoms with Crippen molar-refractivity contribution in [2.75, 3.05) is 6.54 Å². The van der Waals surface area contributed by atoms with E-state index >= 15 is 0 Å². The summed E-state index contributed by atoms with van der Waals surface area (Å²) >= 11 is 0. The molecular weight excluding hydrogens is 240 g/mol. The van der Waals surface area contributed by atoms with Crippen LogP contribution in [0.5, 0.6) is 0 Å². The third-order valence-corrected chi connectivity index (χ3v) is 4.71. The predicted octanol–water partition coefficient (Wildman–Crippen LogP) is 1.84. The van der Waals surface area contributed by atoms with Crippen LogP contribution in [0.3, 0.4) is 0 Å². The summed E-state index contributed by atoms with van der Waals surface area (Å²) in [6.45, 7) is 0.736. The Balaban J connectivity index is 1.43. The molecule has 19 heavy (non-hydrogen) atoms. The van der Waals surface area contributed by atoms with Gasteiger partial charge >= 0.3 is 0 Å². The molecule has 2 saturated carbocycles. The van der Waals surface area contributed by atoms with Crippen LogP contribution in [0.25, 0.3) is 0 Å². The molecule has 1 aliphatic heterocycles. The molecule has 0 aromatic heterocycles. The first-order chi connectivity index (χ1) is 9.22. The summed E-state index contributed by atoms with van der Waals surface area (Å²) in [4.78, 5) is 25.8. The van der Waals surface area contributed by atoms with E-state index < -0.39 is 0 Å². The number of nitrogens with zero attached hydrogens (tertiary/aromatic N) is 1. The Bertz CT molecular complexity index is 359. The van der Waals surface area contributed by atoms with Gasteiger partial charge in [-0.2, -0.15) is 0 Å². The maximum absolute atomic E-state index is 12.0. The molecule has 0 unspecified atom stereocenters. The quantitative estimate of drug-likeness (QED) is 0.842. The van der Waals surface area contributed by atoms with E-state index in [0.717, 1.165) is 19.4 Å². The lowest BCUT2D eigenvalue weighted by Crippen LogP contribution is -2.38. The first-order valence-electron chi connectivity index (χ1n) is 7.81. The van der Waals surface area contributed by atoms with E-state index in [-0.39, 0.29) is 17.9 Å². The number of nitrogens with one attached hydrogen (secondary N) is 1. The van der Waals surface area contributed by atoms with E-state index in [4.69, 9.17) is 0 Å². The maximum Gasteiger partial charge on any atom is 0.225 e. The fraction of sp³-hybridized carbons (Fsp3) is 0.867. The second kappa shape index (κ2) is 5.51. The van der Waals surface area contributed by atoms with Crippen molar-refractivity contribution in [2.24, 2.45) is 5.92 Å². The zero-order chi connectivity index (χ0) is 13.2. The van der Waals surface area contributed by atoms with Crippen molar-refractivity contribution in [1.29, 1.82) is 0 Å². The van der Waals surface area contributed by atoms with Crippen LogP contribution < -0.4 is 5.32 Å². The molecule has 2 amide bonds. The van der Waals surface area contributed by atoms with Crippen LogP contribution in [0.4, 0.5) is 0 Å². The highest BCUT2D eigenvalue weighted by atomic mass is 16.2. The van der Waals surface area contributed by atoms with Crippen molar-refractivity contribution in [2.45, 2.75) is 69.9 Å². The Kier molecular flexibility index (Phi) is 3.76. The van der Waals surface area contributed by atoms with Gasteiger partial charge in [0, 0.05) is 25.4 Å². The van der Waals surface area contributed by atoms with Gasteiger partial charge in [-0.15, -0.1) is 0 Å². The molecule has 3 aliphatic rings. The Morgan fingerprint density at radius 1 is 1.16 bits per heavy atom. The van der Waals surface area contributed by atoms with E-state index in [9.17, 15) is 9.59 Å². The van der Waals surface area contributed by atoms with Crippen LogP contribution in [0.2, 0.25) is 0 Å². The van der Waals surface area contributed by atoms with Crippen molar-refractivity contribution in [1.82, 2.24) is 10.2 Å². The van der Waals surface area contributed by atoms with Crippen molar-refractivity contribution in [3.05, 3.63) is 0 Å². The average Bonchev–Trinajstić information content (AvgIpc) is 3.15. The largest absolute Gasteiger partial charge is 0.351 e. The molecule has 106 valence electrons. The molecule has 3 rings (SSSR count). The summed E-state index contributed by atoms with van der Waals surface area (Å²) in [6.07, 6.45) is 9.73. The first kappa shape index (κ1) is 12.9. The van der Waals surface area contributed by atoms with E-state index in [1.54, 1.807) is 0 Å². The highest BCUT2D eigenvalue weighted by molar-refractivity contribution is 5.82. The number of hydrogen-bond acceptors (Lipinski definition) is 2. The van der Waals surface area contributed by atoms with Gasteiger partial charge < -0.3 is 10.2 Å². The lowest BCUT2D eigenvalue weighted by molar-refractivity contribution is -0.128. The molecule has 3 fully saturated rings. The van der Waals surface area contributed by atoms with Crippen LogP contribution in [0, 0.1) is 5.92 Å². The lowest BCUT2D eigenvalue weighted by atomic mass is 9.87. The Morgan fingerprint density at radius 2 is 1.89 bits per heavy atom. The third-order valence-electron chi connectivity index (χ3n) is 4.71. The Morgan fingerprint density at radius 3 is 2.58 bits per heavy atom. The molecule has 0 aromatic rings. The van der Waals surface area contributed by atoms with Gasteiger partial charge in [0.2, 0.25) is 11.8 Å². The van der Waals surface area contributed by atoms with Gasteiger partial charge in [0.15, 0.2) is 0 Å². The smallest absolute Gasteiger partial charge is 0.225 e. The molecule has 1 heterocycles. The molecule has 4 nitrogen and oxygen atoms in total. The van der Waals surface area contributed by atoms with Crippen molar-refractivity contribution in [3.8, 4) is 0 Å². The Labute approximate surface area is 114 Å². The molecule has 0 spiro atoms. The summed E-state index contributed by atoms with van der Waals surface area (Å²) in [7, 11) is 0.